The maximum Gasteiger partial charge on any atom is 0.294 e. The first-order valence-corrected chi connectivity index (χ1v) is 11.5. The molecule has 0 saturated heterocycles. The van der Waals surface area contributed by atoms with Crippen LogP contribution in [0, 0.1) is 6.92 Å². The number of hydrogen-bond donors (Lipinski definition) is 2. The van der Waals surface area contributed by atoms with E-state index < -0.39 is 5.56 Å². The molecular formula is C23H21ClN6O3S. The normalized spacial score (nSPS) is 11.0. The summed E-state index contributed by atoms with van der Waals surface area (Å²) >= 11 is 7.69. The maximum atomic E-state index is 12.8. The minimum atomic E-state index is -0.487. The van der Waals surface area contributed by atoms with Crippen LogP contribution in [0.3, 0.4) is 0 Å². The van der Waals surface area contributed by atoms with Crippen molar-refractivity contribution in [2.24, 2.45) is 5.10 Å². The standard InChI is InChI=1S/C23H21ClN6O3S/c1-3-32-18-10-15(11-26-29-23-28-20(25)13-34-23)6-9-17(18)33-19-12-27-30(22(31)21(19)24)16-7-4-14(2)5-8-16/h4-13H,3,25H2,1-2H3,(H,28,29). The highest BCUT2D eigenvalue weighted by atomic mass is 35.5. The molecule has 9 nitrogen and oxygen atoms in total. The number of anilines is 2. The highest BCUT2D eigenvalue weighted by Gasteiger charge is 2.15. The second kappa shape index (κ2) is 10.4. The zero-order chi connectivity index (χ0) is 24.1. The van der Waals surface area contributed by atoms with Crippen molar-refractivity contribution in [3.63, 3.8) is 0 Å². The molecule has 11 heteroatoms. The van der Waals surface area contributed by atoms with E-state index in [1.807, 2.05) is 26.0 Å². The summed E-state index contributed by atoms with van der Waals surface area (Å²) in [5.74, 6) is 1.41. The summed E-state index contributed by atoms with van der Waals surface area (Å²) in [6.45, 7) is 4.23. The van der Waals surface area contributed by atoms with E-state index in [0.29, 0.717) is 34.7 Å². The van der Waals surface area contributed by atoms with Gasteiger partial charge >= 0.3 is 0 Å². The summed E-state index contributed by atoms with van der Waals surface area (Å²) in [5, 5.41) is 10.6. The molecule has 0 unspecified atom stereocenters. The molecule has 3 N–H and O–H groups in total. The molecule has 0 aliphatic heterocycles. The van der Waals surface area contributed by atoms with E-state index in [0.717, 1.165) is 11.1 Å². The minimum absolute atomic E-state index is 0.0874. The summed E-state index contributed by atoms with van der Waals surface area (Å²) in [7, 11) is 0. The van der Waals surface area contributed by atoms with Crippen LogP contribution < -0.4 is 26.2 Å². The van der Waals surface area contributed by atoms with E-state index in [4.69, 9.17) is 26.8 Å². The van der Waals surface area contributed by atoms with Gasteiger partial charge in [0, 0.05) is 5.38 Å². The molecule has 0 radical (unpaired) electrons. The van der Waals surface area contributed by atoms with E-state index in [1.54, 1.807) is 41.9 Å². The van der Waals surface area contributed by atoms with Crippen LogP contribution in [0.15, 0.2) is 63.9 Å². The van der Waals surface area contributed by atoms with Crippen molar-refractivity contribution in [1.82, 2.24) is 14.8 Å². The maximum absolute atomic E-state index is 12.8. The smallest absolute Gasteiger partial charge is 0.294 e. The topological polar surface area (TPSA) is 117 Å². The molecule has 34 heavy (non-hydrogen) atoms. The third kappa shape index (κ3) is 5.36. The van der Waals surface area contributed by atoms with E-state index in [2.05, 4.69) is 20.6 Å². The Bertz CT molecular complexity index is 1380. The number of hydrogen-bond acceptors (Lipinski definition) is 9. The van der Waals surface area contributed by atoms with Gasteiger partial charge in [-0.1, -0.05) is 29.3 Å². The molecule has 0 atom stereocenters. The first-order valence-electron chi connectivity index (χ1n) is 10.2. The monoisotopic (exact) mass is 496 g/mol. The molecule has 174 valence electrons. The number of aromatic nitrogens is 3. The first-order chi connectivity index (χ1) is 16.4. The van der Waals surface area contributed by atoms with Gasteiger partial charge in [0.15, 0.2) is 22.3 Å². The molecule has 2 heterocycles. The lowest BCUT2D eigenvalue weighted by atomic mass is 10.2. The number of benzene rings is 2. The van der Waals surface area contributed by atoms with E-state index in [1.165, 1.54) is 22.2 Å². The lowest BCUT2D eigenvalue weighted by molar-refractivity contribution is 0.321. The van der Waals surface area contributed by atoms with E-state index in [9.17, 15) is 4.79 Å². The molecule has 2 aromatic heterocycles. The number of halogens is 1. The van der Waals surface area contributed by atoms with Gasteiger partial charge in [-0.3, -0.25) is 10.2 Å². The fraction of sp³-hybridized carbons (Fsp3) is 0.130. The van der Waals surface area contributed by atoms with Gasteiger partial charge in [0.2, 0.25) is 5.13 Å². The van der Waals surface area contributed by atoms with Gasteiger partial charge in [0.05, 0.1) is 24.7 Å². The Balaban J connectivity index is 1.56. The molecule has 0 spiro atoms. The number of nitrogens with one attached hydrogen (secondary N) is 1. The zero-order valence-electron chi connectivity index (χ0n) is 18.4. The quantitative estimate of drug-likeness (QED) is 0.264. The number of thiazole rings is 1. The minimum Gasteiger partial charge on any atom is -0.490 e. The number of nitrogens with zero attached hydrogens (tertiary/aromatic N) is 4. The van der Waals surface area contributed by atoms with Crippen molar-refractivity contribution in [1.29, 1.82) is 0 Å². The van der Waals surface area contributed by atoms with Crippen molar-refractivity contribution in [2.45, 2.75) is 13.8 Å². The summed E-state index contributed by atoms with van der Waals surface area (Å²) < 4.78 is 12.8. The summed E-state index contributed by atoms with van der Waals surface area (Å²) in [4.78, 5) is 16.9. The molecular weight excluding hydrogens is 476 g/mol. The van der Waals surface area contributed by atoms with Crippen molar-refractivity contribution in [3.8, 4) is 22.9 Å². The number of nitrogen functional groups attached to an aromatic ring is 1. The van der Waals surface area contributed by atoms with Crippen LogP contribution in [0.1, 0.15) is 18.1 Å². The predicted octanol–water partition coefficient (Wildman–Crippen LogP) is 4.87. The number of hydrazone groups is 1. The SMILES string of the molecule is CCOc1cc(C=NNc2nc(N)cs2)ccc1Oc1cnn(-c2ccc(C)cc2)c(=O)c1Cl. The highest BCUT2D eigenvalue weighted by Crippen LogP contribution is 2.34. The van der Waals surface area contributed by atoms with Gasteiger partial charge in [-0.15, -0.1) is 11.3 Å². The molecule has 0 bridgehead atoms. The number of nitrogens with two attached hydrogens (primary N) is 1. The Morgan fingerprint density at radius 1 is 1.21 bits per heavy atom. The molecule has 2 aromatic carbocycles. The lowest BCUT2D eigenvalue weighted by Gasteiger charge is -2.13. The predicted molar refractivity (Wildman–Crippen MR) is 135 cm³/mol. The number of rotatable bonds is 8. The van der Waals surface area contributed by atoms with Gasteiger partial charge in [0.25, 0.3) is 5.56 Å². The van der Waals surface area contributed by atoms with Crippen LogP contribution in [-0.2, 0) is 0 Å². The van der Waals surface area contributed by atoms with Gasteiger partial charge in [0.1, 0.15) is 5.82 Å². The Morgan fingerprint density at radius 3 is 2.71 bits per heavy atom. The Labute approximate surface area is 204 Å². The second-order valence-electron chi connectivity index (χ2n) is 7.06. The van der Waals surface area contributed by atoms with Crippen molar-refractivity contribution in [2.75, 3.05) is 17.8 Å². The lowest BCUT2D eigenvalue weighted by Crippen LogP contribution is -2.21. The van der Waals surface area contributed by atoms with Crippen LogP contribution in [0.25, 0.3) is 5.69 Å². The van der Waals surface area contributed by atoms with Crippen molar-refractivity contribution < 1.29 is 9.47 Å². The fourth-order valence-corrected chi connectivity index (χ4v) is 3.65. The Hall–Kier alpha value is -3.89. The van der Waals surface area contributed by atoms with Crippen LogP contribution in [0.4, 0.5) is 10.9 Å². The molecule has 4 rings (SSSR count). The highest BCUT2D eigenvalue weighted by molar-refractivity contribution is 7.14. The first kappa shape index (κ1) is 23.3. The number of aryl methyl sites for hydroxylation is 1. The van der Waals surface area contributed by atoms with Gasteiger partial charge < -0.3 is 15.2 Å². The molecule has 0 fully saturated rings. The summed E-state index contributed by atoms with van der Waals surface area (Å²) in [6, 6.07) is 12.6. The van der Waals surface area contributed by atoms with E-state index >= 15 is 0 Å². The van der Waals surface area contributed by atoms with E-state index in [-0.39, 0.29) is 10.8 Å². The Morgan fingerprint density at radius 2 is 2.00 bits per heavy atom. The summed E-state index contributed by atoms with van der Waals surface area (Å²) in [5.41, 5.74) is 10.4. The van der Waals surface area contributed by atoms with Crippen LogP contribution >= 0.6 is 22.9 Å². The van der Waals surface area contributed by atoms with Crippen LogP contribution in [-0.4, -0.2) is 27.6 Å². The van der Waals surface area contributed by atoms with Crippen molar-refractivity contribution in [3.05, 3.63) is 80.5 Å². The second-order valence-corrected chi connectivity index (χ2v) is 8.30. The third-order valence-electron chi connectivity index (χ3n) is 4.55. The van der Waals surface area contributed by atoms with Crippen molar-refractivity contribution >= 4 is 40.1 Å². The fourth-order valence-electron chi connectivity index (χ4n) is 2.93. The molecule has 0 aliphatic carbocycles. The van der Waals surface area contributed by atoms with Gasteiger partial charge in [-0.2, -0.15) is 14.9 Å². The molecule has 0 amide bonds. The van der Waals surface area contributed by atoms with Gasteiger partial charge in [-0.25, -0.2) is 4.98 Å². The third-order valence-corrected chi connectivity index (χ3v) is 5.66. The molecule has 4 aromatic rings. The van der Waals surface area contributed by atoms with Gasteiger partial charge in [-0.05, 0) is 49.7 Å². The van der Waals surface area contributed by atoms with Crippen LogP contribution in [0.2, 0.25) is 5.02 Å². The molecule has 0 aliphatic rings. The largest absolute Gasteiger partial charge is 0.490 e. The Kier molecular flexibility index (Phi) is 7.09. The number of ether oxygens (including phenoxy) is 2. The zero-order valence-corrected chi connectivity index (χ0v) is 19.9. The summed E-state index contributed by atoms with van der Waals surface area (Å²) in [6.07, 6.45) is 3.01. The average molecular weight is 497 g/mol. The average Bonchev–Trinajstić information content (AvgIpc) is 3.24. The van der Waals surface area contributed by atoms with Crippen LogP contribution in [0.5, 0.6) is 17.2 Å². The molecule has 0 saturated carbocycles.